The Hall–Kier alpha value is -5.09. The molecule has 10 nitrogen and oxygen atoms in total. The number of hydrogen-bond donors (Lipinski definition) is 2. The van der Waals surface area contributed by atoms with Crippen LogP contribution in [0.5, 0.6) is 5.88 Å². The lowest BCUT2D eigenvalue weighted by atomic mass is 9.91. The Morgan fingerprint density at radius 3 is 2.51 bits per heavy atom. The van der Waals surface area contributed by atoms with Crippen molar-refractivity contribution < 1.29 is 9.53 Å². The lowest BCUT2D eigenvalue weighted by Gasteiger charge is -2.28. The van der Waals surface area contributed by atoms with Gasteiger partial charge in [-0.3, -0.25) is 14.5 Å². The number of aryl methyl sites for hydroxylation is 3. The molecule has 10 heteroatoms. The summed E-state index contributed by atoms with van der Waals surface area (Å²) in [7, 11) is 3.37. The number of anilines is 2. The van der Waals surface area contributed by atoms with Crippen LogP contribution < -0.4 is 20.9 Å². The first kappa shape index (κ1) is 31.2. The number of pyridine rings is 2. The van der Waals surface area contributed by atoms with E-state index >= 15 is 0 Å². The number of aromatic nitrogens is 4. The van der Waals surface area contributed by atoms with Gasteiger partial charge in [0.15, 0.2) is 0 Å². The zero-order valence-electron chi connectivity index (χ0n) is 28.7. The van der Waals surface area contributed by atoms with Gasteiger partial charge in [0, 0.05) is 60.5 Å². The average molecular weight is 656 g/mol. The maximum atomic E-state index is 13.1. The lowest BCUT2D eigenvalue weighted by molar-refractivity contribution is -0.119. The molecule has 2 aromatic carbocycles. The fourth-order valence-corrected chi connectivity index (χ4v) is 8.36. The second kappa shape index (κ2) is 11.8. The van der Waals surface area contributed by atoms with E-state index in [2.05, 4.69) is 64.8 Å². The van der Waals surface area contributed by atoms with Crippen LogP contribution in [0, 0.1) is 20.8 Å². The molecule has 0 unspecified atom stereocenters. The average Bonchev–Trinajstić information content (AvgIpc) is 3.81. The standard InChI is InChI=1S/C39H41N7O3/c1-22-18-26-20-40-45(4)38(48)35(26)36(41-22)42-30-11-7-9-28(24(30)3)27-8-6-10-29(23(27)2)31-19-25-12-13-32(34(25)37(43-31)49-5)46-17-16-39(21-46)15-14-33(47)44-39/h6-11,18-20,32H,12-17,21H2,1-5H3,(H,41,42)(H,44,47)/t32-,39+/m1/s1. The Labute approximate surface area is 285 Å². The Balaban J connectivity index is 1.13. The number of benzene rings is 2. The first-order valence-corrected chi connectivity index (χ1v) is 17.1. The Bertz CT molecular complexity index is 2230. The summed E-state index contributed by atoms with van der Waals surface area (Å²) in [6.07, 6.45) is 6.23. The number of carbonyl (C=O) groups is 1. The first-order chi connectivity index (χ1) is 23.6. The van der Waals surface area contributed by atoms with Crippen LogP contribution in [-0.2, 0) is 18.3 Å². The van der Waals surface area contributed by atoms with E-state index in [-0.39, 0.29) is 23.0 Å². The highest BCUT2D eigenvalue weighted by molar-refractivity contribution is 5.93. The lowest BCUT2D eigenvalue weighted by Crippen LogP contribution is -2.44. The van der Waals surface area contributed by atoms with Gasteiger partial charge in [-0.2, -0.15) is 5.10 Å². The number of likely N-dealkylation sites (tertiary alicyclic amines) is 1. The molecule has 0 radical (unpaired) electrons. The molecule has 2 fully saturated rings. The summed E-state index contributed by atoms with van der Waals surface area (Å²) in [5.74, 6) is 1.39. The Morgan fingerprint density at radius 2 is 1.73 bits per heavy atom. The van der Waals surface area contributed by atoms with E-state index < -0.39 is 0 Å². The van der Waals surface area contributed by atoms with Crippen molar-refractivity contribution in [3.8, 4) is 28.3 Å². The van der Waals surface area contributed by atoms with Gasteiger partial charge in [-0.15, -0.1) is 0 Å². The van der Waals surface area contributed by atoms with Crippen molar-refractivity contribution >= 4 is 28.2 Å². The molecule has 0 saturated carbocycles. The highest BCUT2D eigenvalue weighted by Crippen LogP contribution is 2.46. The maximum Gasteiger partial charge on any atom is 0.278 e. The smallest absolute Gasteiger partial charge is 0.278 e. The third-order valence-corrected chi connectivity index (χ3v) is 10.9. The monoisotopic (exact) mass is 655 g/mol. The highest BCUT2D eigenvalue weighted by Gasteiger charge is 2.46. The maximum absolute atomic E-state index is 13.1. The molecule has 250 valence electrons. The van der Waals surface area contributed by atoms with Crippen LogP contribution in [0.15, 0.2) is 59.5 Å². The quantitative estimate of drug-likeness (QED) is 0.227. The van der Waals surface area contributed by atoms with Crippen LogP contribution >= 0.6 is 0 Å². The minimum atomic E-state index is -0.194. The van der Waals surface area contributed by atoms with Crippen LogP contribution in [0.2, 0.25) is 0 Å². The van der Waals surface area contributed by atoms with Gasteiger partial charge in [-0.05, 0) is 92.5 Å². The number of ether oxygens (including phenoxy) is 1. The second-order valence-electron chi connectivity index (χ2n) is 13.9. The highest BCUT2D eigenvalue weighted by atomic mass is 16.5. The van der Waals surface area contributed by atoms with Crippen molar-refractivity contribution in [3.05, 3.63) is 93.0 Å². The van der Waals surface area contributed by atoms with Crippen molar-refractivity contribution in [2.45, 2.75) is 64.5 Å². The van der Waals surface area contributed by atoms with E-state index in [1.807, 2.05) is 25.1 Å². The number of rotatable bonds is 6. The molecule has 8 rings (SSSR count). The van der Waals surface area contributed by atoms with Crippen molar-refractivity contribution in [2.75, 3.05) is 25.5 Å². The molecule has 2 aliphatic heterocycles. The fourth-order valence-electron chi connectivity index (χ4n) is 8.36. The molecular formula is C39H41N7O3. The van der Waals surface area contributed by atoms with Crippen molar-refractivity contribution in [3.63, 3.8) is 0 Å². The number of hydrogen-bond acceptors (Lipinski definition) is 8. The van der Waals surface area contributed by atoms with Crippen molar-refractivity contribution in [1.82, 2.24) is 30.0 Å². The summed E-state index contributed by atoms with van der Waals surface area (Å²) < 4.78 is 7.33. The summed E-state index contributed by atoms with van der Waals surface area (Å²) in [4.78, 5) is 37.5. The molecule has 3 aliphatic rings. The van der Waals surface area contributed by atoms with E-state index in [0.29, 0.717) is 23.5 Å². The van der Waals surface area contributed by atoms with E-state index in [1.165, 1.54) is 15.8 Å². The number of nitrogens with zero attached hydrogens (tertiary/aromatic N) is 5. The van der Waals surface area contributed by atoms with Crippen molar-refractivity contribution in [1.29, 1.82) is 0 Å². The van der Waals surface area contributed by atoms with E-state index in [4.69, 9.17) is 14.7 Å². The summed E-state index contributed by atoms with van der Waals surface area (Å²) >= 11 is 0. The third kappa shape index (κ3) is 5.25. The van der Waals surface area contributed by atoms with Crippen LogP contribution in [-0.4, -0.2) is 56.3 Å². The third-order valence-electron chi connectivity index (χ3n) is 10.9. The van der Waals surface area contributed by atoms with Crippen LogP contribution in [0.3, 0.4) is 0 Å². The normalized spacial score (nSPS) is 20.3. The van der Waals surface area contributed by atoms with E-state index in [0.717, 1.165) is 89.1 Å². The van der Waals surface area contributed by atoms with Gasteiger partial charge < -0.3 is 15.4 Å². The minimum absolute atomic E-state index is 0.0815. The predicted molar refractivity (Wildman–Crippen MR) is 191 cm³/mol. The molecule has 5 heterocycles. The molecule has 49 heavy (non-hydrogen) atoms. The Morgan fingerprint density at radius 1 is 0.959 bits per heavy atom. The van der Waals surface area contributed by atoms with Gasteiger partial charge in [-0.1, -0.05) is 30.3 Å². The van der Waals surface area contributed by atoms with E-state index in [9.17, 15) is 9.59 Å². The summed E-state index contributed by atoms with van der Waals surface area (Å²) in [5.41, 5.74) is 10.2. The zero-order chi connectivity index (χ0) is 34.0. The van der Waals surface area contributed by atoms with Gasteiger partial charge in [-0.25, -0.2) is 14.6 Å². The second-order valence-corrected chi connectivity index (χ2v) is 13.9. The number of fused-ring (bicyclic) bond motifs is 2. The van der Waals surface area contributed by atoms with Gasteiger partial charge in [0.05, 0.1) is 29.9 Å². The van der Waals surface area contributed by atoms with Crippen LogP contribution in [0.1, 0.15) is 59.7 Å². The van der Waals surface area contributed by atoms with Gasteiger partial charge in [0.1, 0.15) is 5.82 Å². The Kier molecular flexibility index (Phi) is 7.51. The first-order valence-electron chi connectivity index (χ1n) is 17.1. The molecular weight excluding hydrogens is 614 g/mol. The molecule has 2 N–H and O–H groups in total. The summed E-state index contributed by atoms with van der Waals surface area (Å²) in [6, 6.07) is 16.9. The molecule has 1 aliphatic carbocycles. The molecule has 5 aromatic rings. The number of carbonyl (C=O) groups excluding carboxylic acids is 1. The summed E-state index contributed by atoms with van der Waals surface area (Å²) in [6.45, 7) is 8.01. The zero-order valence-corrected chi connectivity index (χ0v) is 28.7. The SMILES string of the molecule is COc1nc(-c2cccc(-c3cccc(Nc4nc(C)cc5cnn(C)c(=O)c45)c3C)c2C)cc2c1[C@H](N1CC[C@@]3(CCC(=O)N3)C1)CC2. The largest absolute Gasteiger partial charge is 0.481 e. The predicted octanol–water partition coefficient (Wildman–Crippen LogP) is 6.08. The van der Waals surface area contributed by atoms with Crippen LogP contribution in [0.25, 0.3) is 33.2 Å². The van der Waals surface area contributed by atoms with E-state index in [1.54, 1.807) is 20.4 Å². The van der Waals surface area contributed by atoms with Crippen LogP contribution in [0.4, 0.5) is 11.5 Å². The molecule has 1 spiro atoms. The van der Waals surface area contributed by atoms with Gasteiger partial charge in [0.25, 0.3) is 5.56 Å². The molecule has 2 atom stereocenters. The van der Waals surface area contributed by atoms with Gasteiger partial charge >= 0.3 is 0 Å². The van der Waals surface area contributed by atoms with Gasteiger partial charge in [0.2, 0.25) is 11.8 Å². The topological polar surface area (TPSA) is 114 Å². The molecule has 3 aromatic heterocycles. The fraction of sp³-hybridized carbons (Fsp3) is 0.359. The summed E-state index contributed by atoms with van der Waals surface area (Å²) in [5, 5.41) is 12.2. The molecule has 0 bridgehead atoms. The number of nitrogens with one attached hydrogen (secondary N) is 2. The molecule has 2 saturated heterocycles. The molecule has 1 amide bonds. The number of amides is 1. The van der Waals surface area contributed by atoms with Crippen molar-refractivity contribution in [2.24, 2.45) is 7.05 Å². The minimum Gasteiger partial charge on any atom is -0.481 e. The number of methoxy groups -OCH3 is 1.